The van der Waals surface area contributed by atoms with E-state index >= 15 is 0 Å². The molecular weight excluding hydrogens is 304 g/mol. The second kappa shape index (κ2) is 6.93. The SMILES string of the molecule is CN1CCCC2C[C@@H](CC(N)(c3ccccc3)c3ccccc3)C[C@@H]21. The van der Waals surface area contributed by atoms with Crippen molar-refractivity contribution in [3.8, 4) is 0 Å². The number of likely N-dealkylation sites (tertiary alicyclic amines) is 1. The lowest BCUT2D eigenvalue weighted by molar-refractivity contribution is 0.144. The van der Waals surface area contributed by atoms with Crippen LogP contribution >= 0.6 is 0 Å². The van der Waals surface area contributed by atoms with Crippen LogP contribution in [-0.2, 0) is 5.54 Å². The van der Waals surface area contributed by atoms with Gasteiger partial charge in [-0.2, -0.15) is 0 Å². The number of hydrogen-bond acceptors (Lipinski definition) is 2. The van der Waals surface area contributed by atoms with Gasteiger partial charge in [0.05, 0.1) is 5.54 Å². The van der Waals surface area contributed by atoms with Crippen LogP contribution in [0.25, 0.3) is 0 Å². The Hall–Kier alpha value is -1.64. The van der Waals surface area contributed by atoms with Crippen molar-refractivity contribution < 1.29 is 0 Å². The molecule has 2 heteroatoms. The molecule has 1 aliphatic carbocycles. The highest BCUT2D eigenvalue weighted by Gasteiger charge is 2.42. The van der Waals surface area contributed by atoms with Gasteiger partial charge in [-0.25, -0.2) is 0 Å². The molecule has 1 heterocycles. The number of benzene rings is 2. The van der Waals surface area contributed by atoms with Gasteiger partial charge >= 0.3 is 0 Å². The fourth-order valence-electron chi connectivity index (χ4n) is 5.33. The number of hydrogen-bond donors (Lipinski definition) is 1. The molecule has 2 N–H and O–H groups in total. The van der Waals surface area contributed by atoms with Crippen molar-refractivity contribution in [1.82, 2.24) is 4.90 Å². The van der Waals surface area contributed by atoms with Gasteiger partial charge in [0.15, 0.2) is 0 Å². The lowest BCUT2D eigenvalue weighted by Gasteiger charge is -2.35. The Morgan fingerprint density at radius 1 is 0.960 bits per heavy atom. The molecule has 2 nitrogen and oxygen atoms in total. The molecule has 1 saturated carbocycles. The van der Waals surface area contributed by atoms with Gasteiger partial charge in [0.1, 0.15) is 0 Å². The van der Waals surface area contributed by atoms with Crippen LogP contribution in [0.5, 0.6) is 0 Å². The van der Waals surface area contributed by atoms with E-state index in [-0.39, 0.29) is 5.54 Å². The molecule has 25 heavy (non-hydrogen) atoms. The minimum Gasteiger partial charge on any atom is -0.318 e. The van der Waals surface area contributed by atoms with E-state index in [0.717, 1.165) is 18.4 Å². The molecule has 3 atom stereocenters. The van der Waals surface area contributed by atoms with E-state index in [1.54, 1.807) is 0 Å². The van der Waals surface area contributed by atoms with Gasteiger partial charge in [0.2, 0.25) is 0 Å². The first-order chi connectivity index (χ1) is 12.2. The summed E-state index contributed by atoms with van der Waals surface area (Å²) in [5.41, 5.74) is 9.22. The number of piperidine rings is 1. The highest BCUT2D eigenvalue weighted by molar-refractivity contribution is 5.38. The molecule has 1 saturated heterocycles. The van der Waals surface area contributed by atoms with E-state index in [1.165, 1.54) is 43.4 Å². The summed E-state index contributed by atoms with van der Waals surface area (Å²) in [6, 6.07) is 22.2. The summed E-state index contributed by atoms with van der Waals surface area (Å²) in [6.45, 7) is 1.26. The van der Waals surface area contributed by atoms with Crippen LogP contribution in [0.15, 0.2) is 60.7 Å². The summed E-state index contributed by atoms with van der Waals surface area (Å²) in [6.07, 6.45) is 6.45. The number of nitrogens with zero attached hydrogens (tertiary/aromatic N) is 1. The number of rotatable bonds is 4. The van der Waals surface area contributed by atoms with Crippen LogP contribution in [0.2, 0.25) is 0 Å². The maximum Gasteiger partial charge on any atom is 0.0668 e. The molecule has 1 unspecified atom stereocenters. The van der Waals surface area contributed by atoms with Gasteiger partial charge in [-0.15, -0.1) is 0 Å². The highest BCUT2D eigenvalue weighted by atomic mass is 15.1. The predicted octanol–water partition coefficient (Wildman–Crippen LogP) is 4.40. The molecule has 2 fully saturated rings. The Morgan fingerprint density at radius 3 is 2.12 bits per heavy atom. The van der Waals surface area contributed by atoms with Crippen LogP contribution < -0.4 is 5.73 Å². The summed E-state index contributed by atoms with van der Waals surface area (Å²) in [4.78, 5) is 2.59. The normalized spacial score (nSPS) is 27.2. The molecule has 0 spiro atoms. The number of nitrogens with two attached hydrogens (primary N) is 1. The molecule has 4 rings (SSSR count). The Kier molecular flexibility index (Phi) is 4.66. The molecule has 0 bridgehead atoms. The van der Waals surface area contributed by atoms with Gasteiger partial charge < -0.3 is 10.6 Å². The van der Waals surface area contributed by atoms with Crippen molar-refractivity contribution in [3.63, 3.8) is 0 Å². The van der Waals surface area contributed by atoms with Crippen LogP contribution in [0, 0.1) is 11.8 Å². The minimum absolute atomic E-state index is 0.390. The second-order valence-electron chi connectivity index (χ2n) is 8.20. The van der Waals surface area contributed by atoms with Crippen molar-refractivity contribution in [2.24, 2.45) is 17.6 Å². The molecule has 132 valence electrons. The van der Waals surface area contributed by atoms with Crippen LogP contribution in [-0.4, -0.2) is 24.5 Å². The Labute approximate surface area is 152 Å². The Morgan fingerprint density at radius 2 is 1.56 bits per heavy atom. The average molecular weight is 335 g/mol. The molecule has 2 aromatic rings. The zero-order valence-corrected chi connectivity index (χ0v) is 15.3. The summed E-state index contributed by atoms with van der Waals surface area (Å²) < 4.78 is 0. The van der Waals surface area contributed by atoms with Crippen molar-refractivity contribution in [3.05, 3.63) is 71.8 Å². The standard InChI is InChI=1S/C23H30N2/c1-25-14-8-9-19-15-18(16-22(19)25)17-23(24,20-10-4-2-5-11-20)21-12-6-3-7-13-21/h2-7,10-13,18-19,22H,8-9,14-17,24H2,1H3/t18-,19?,22+/m1/s1. The summed E-state index contributed by atoms with van der Waals surface area (Å²) in [5, 5.41) is 0. The van der Waals surface area contributed by atoms with Gasteiger partial charge in [-0.3, -0.25) is 0 Å². The largest absolute Gasteiger partial charge is 0.318 e. The predicted molar refractivity (Wildman–Crippen MR) is 104 cm³/mol. The number of fused-ring (bicyclic) bond motifs is 1. The molecule has 2 aromatic carbocycles. The van der Waals surface area contributed by atoms with Gasteiger partial charge in [0, 0.05) is 6.04 Å². The van der Waals surface area contributed by atoms with Crippen molar-refractivity contribution in [1.29, 1.82) is 0 Å². The fraction of sp³-hybridized carbons (Fsp3) is 0.478. The molecule has 0 amide bonds. The van der Waals surface area contributed by atoms with E-state index in [1.807, 2.05) is 0 Å². The molecule has 2 aliphatic rings. The lowest BCUT2D eigenvalue weighted by Crippen LogP contribution is -2.40. The van der Waals surface area contributed by atoms with Gasteiger partial charge in [0.25, 0.3) is 0 Å². The van der Waals surface area contributed by atoms with Crippen LogP contribution in [0.4, 0.5) is 0 Å². The molecule has 0 radical (unpaired) electrons. The van der Waals surface area contributed by atoms with Crippen molar-refractivity contribution >= 4 is 0 Å². The highest BCUT2D eigenvalue weighted by Crippen LogP contribution is 2.45. The molecular formula is C23H30N2. The second-order valence-corrected chi connectivity index (χ2v) is 8.20. The monoisotopic (exact) mass is 334 g/mol. The third-order valence-corrected chi connectivity index (χ3v) is 6.60. The zero-order valence-electron chi connectivity index (χ0n) is 15.3. The van der Waals surface area contributed by atoms with Crippen molar-refractivity contribution in [2.75, 3.05) is 13.6 Å². The van der Waals surface area contributed by atoms with E-state index < -0.39 is 0 Å². The first kappa shape index (κ1) is 16.8. The summed E-state index contributed by atoms with van der Waals surface area (Å²) in [7, 11) is 2.31. The zero-order chi connectivity index (χ0) is 17.3. The molecule has 1 aliphatic heterocycles. The maximum absolute atomic E-state index is 7.13. The smallest absolute Gasteiger partial charge is 0.0668 e. The summed E-state index contributed by atoms with van der Waals surface area (Å²) in [5.74, 6) is 1.58. The Balaban J connectivity index is 1.62. The first-order valence-corrected chi connectivity index (χ1v) is 9.77. The first-order valence-electron chi connectivity index (χ1n) is 9.77. The van der Waals surface area contributed by atoms with E-state index in [4.69, 9.17) is 5.73 Å². The third kappa shape index (κ3) is 3.26. The quantitative estimate of drug-likeness (QED) is 0.898. The van der Waals surface area contributed by atoms with E-state index in [0.29, 0.717) is 5.92 Å². The van der Waals surface area contributed by atoms with Crippen LogP contribution in [0.1, 0.15) is 43.2 Å². The van der Waals surface area contributed by atoms with E-state index in [9.17, 15) is 0 Å². The van der Waals surface area contributed by atoms with Crippen LogP contribution in [0.3, 0.4) is 0 Å². The topological polar surface area (TPSA) is 29.3 Å². The third-order valence-electron chi connectivity index (χ3n) is 6.60. The maximum atomic E-state index is 7.13. The fourth-order valence-corrected chi connectivity index (χ4v) is 5.33. The van der Waals surface area contributed by atoms with Gasteiger partial charge in [-0.05, 0) is 68.7 Å². The minimum atomic E-state index is -0.390. The van der Waals surface area contributed by atoms with Crippen molar-refractivity contribution in [2.45, 2.75) is 43.7 Å². The van der Waals surface area contributed by atoms with Gasteiger partial charge in [-0.1, -0.05) is 60.7 Å². The molecule has 0 aromatic heterocycles. The summed E-state index contributed by atoms with van der Waals surface area (Å²) >= 11 is 0. The Bertz CT molecular complexity index is 642. The lowest BCUT2D eigenvalue weighted by atomic mass is 9.76. The average Bonchev–Trinajstić information content (AvgIpc) is 3.07. The van der Waals surface area contributed by atoms with E-state index in [2.05, 4.69) is 72.6 Å².